The van der Waals surface area contributed by atoms with Gasteiger partial charge in [0.1, 0.15) is 11.2 Å². The Morgan fingerprint density at radius 1 is 1.35 bits per heavy atom. The van der Waals surface area contributed by atoms with Crippen LogP contribution in [0.3, 0.4) is 0 Å². The van der Waals surface area contributed by atoms with Crippen LogP contribution in [0.2, 0.25) is 0 Å². The zero-order valence-electron chi connectivity index (χ0n) is 9.81. The molecule has 1 aromatic heterocycles. The molecule has 0 aliphatic carbocycles. The van der Waals surface area contributed by atoms with E-state index in [-0.39, 0.29) is 6.61 Å². The maximum Gasteiger partial charge on any atom is 0.133 e. The molecule has 0 saturated heterocycles. The minimum absolute atomic E-state index is 0.316. The van der Waals surface area contributed by atoms with E-state index in [1.165, 1.54) is 0 Å². The Hall–Kier alpha value is -1.36. The molecule has 2 aromatic rings. The van der Waals surface area contributed by atoms with Crippen molar-refractivity contribution in [3.63, 3.8) is 0 Å². The minimum Gasteiger partial charge on any atom is -0.464 e. The lowest BCUT2D eigenvalue weighted by atomic mass is 9.93. The van der Waals surface area contributed by atoms with E-state index in [2.05, 4.69) is 5.32 Å². The molecule has 0 radical (unpaired) electrons. The highest BCUT2D eigenvalue weighted by Gasteiger charge is 2.28. The van der Waals surface area contributed by atoms with Gasteiger partial charge < -0.3 is 19.9 Å². The lowest BCUT2D eigenvalue weighted by molar-refractivity contribution is -0.0174. The Morgan fingerprint density at radius 3 is 2.88 bits per heavy atom. The number of aliphatic hydroxyl groups is 2. The Kier molecular flexibility index (Phi) is 3.47. The number of benzene rings is 1. The normalized spacial score (nSPS) is 15.0. The van der Waals surface area contributed by atoms with Gasteiger partial charge in [0.05, 0.1) is 12.9 Å². The van der Waals surface area contributed by atoms with Crippen LogP contribution in [0.1, 0.15) is 12.5 Å². The van der Waals surface area contributed by atoms with E-state index in [4.69, 9.17) is 4.42 Å². The van der Waals surface area contributed by atoms with Gasteiger partial charge in [-0.2, -0.15) is 0 Å². The van der Waals surface area contributed by atoms with Gasteiger partial charge in [-0.3, -0.25) is 0 Å². The number of furan rings is 1. The Balaban J connectivity index is 2.34. The number of fused-ring (bicyclic) bond motifs is 1. The highest BCUT2D eigenvalue weighted by molar-refractivity contribution is 5.78. The summed E-state index contributed by atoms with van der Waals surface area (Å²) >= 11 is 0. The first-order chi connectivity index (χ1) is 8.19. The number of rotatable bonds is 5. The van der Waals surface area contributed by atoms with Gasteiger partial charge in [-0.25, -0.2) is 0 Å². The molecule has 1 aromatic carbocycles. The van der Waals surface area contributed by atoms with Crippen LogP contribution in [0.4, 0.5) is 0 Å². The smallest absolute Gasteiger partial charge is 0.133 e. The summed E-state index contributed by atoms with van der Waals surface area (Å²) in [6, 6.07) is 7.26. The summed E-state index contributed by atoms with van der Waals surface area (Å²) < 4.78 is 5.24. The minimum atomic E-state index is -1.25. The molecule has 0 spiro atoms. The largest absolute Gasteiger partial charge is 0.464 e. The molecule has 0 amide bonds. The van der Waals surface area contributed by atoms with Crippen LogP contribution in [-0.2, 0) is 5.60 Å². The van der Waals surface area contributed by atoms with Crippen molar-refractivity contribution in [2.75, 3.05) is 19.7 Å². The van der Waals surface area contributed by atoms with Gasteiger partial charge in [-0.05, 0) is 30.3 Å². The van der Waals surface area contributed by atoms with Crippen LogP contribution >= 0.6 is 0 Å². The van der Waals surface area contributed by atoms with Crippen molar-refractivity contribution < 1.29 is 14.6 Å². The lowest BCUT2D eigenvalue weighted by Gasteiger charge is -2.26. The zero-order valence-corrected chi connectivity index (χ0v) is 9.81. The maximum atomic E-state index is 10.4. The summed E-state index contributed by atoms with van der Waals surface area (Å²) in [5.41, 5.74) is 0.217. The van der Waals surface area contributed by atoms with Gasteiger partial charge in [0.25, 0.3) is 0 Å². The summed E-state index contributed by atoms with van der Waals surface area (Å²) in [4.78, 5) is 0. The molecule has 0 fully saturated rings. The van der Waals surface area contributed by atoms with Gasteiger partial charge >= 0.3 is 0 Å². The van der Waals surface area contributed by atoms with E-state index in [0.717, 1.165) is 17.5 Å². The highest BCUT2D eigenvalue weighted by atomic mass is 16.3. The first-order valence-electron chi connectivity index (χ1n) is 5.71. The average molecular weight is 235 g/mol. The van der Waals surface area contributed by atoms with Gasteiger partial charge in [0.15, 0.2) is 0 Å². The van der Waals surface area contributed by atoms with Crippen molar-refractivity contribution in [1.29, 1.82) is 0 Å². The molecule has 1 heterocycles. The topological polar surface area (TPSA) is 65.6 Å². The third-order valence-electron chi connectivity index (χ3n) is 2.92. The van der Waals surface area contributed by atoms with Crippen molar-refractivity contribution in [3.8, 4) is 0 Å². The molecule has 1 unspecified atom stereocenters. The Morgan fingerprint density at radius 2 is 2.18 bits per heavy atom. The number of aliphatic hydroxyl groups excluding tert-OH is 1. The summed E-state index contributed by atoms with van der Waals surface area (Å²) in [5.74, 6) is 0. The van der Waals surface area contributed by atoms with Crippen molar-refractivity contribution in [2.45, 2.75) is 12.5 Å². The number of hydrogen-bond donors (Lipinski definition) is 3. The molecule has 4 heteroatoms. The van der Waals surface area contributed by atoms with Gasteiger partial charge in [0, 0.05) is 11.9 Å². The first kappa shape index (κ1) is 12.1. The lowest BCUT2D eigenvalue weighted by Crippen LogP contribution is -2.41. The van der Waals surface area contributed by atoms with E-state index in [1.54, 1.807) is 18.4 Å². The van der Waals surface area contributed by atoms with E-state index in [1.807, 2.05) is 19.1 Å². The molecule has 3 N–H and O–H groups in total. The summed E-state index contributed by atoms with van der Waals surface area (Å²) in [6.45, 7) is 2.71. The predicted octanol–water partition coefficient (Wildman–Crippen LogP) is 1.22. The van der Waals surface area contributed by atoms with E-state index >= 15 is 0 Å². The molecule has 17 heavy (non-hydrogen) atoms. The van der Waals surface area contributed by atoms with E-state index in [9.17, 15) is 10.2 Å². The maximum absolute atomic E-state index is 10.4. The molecule has 0 bridgehead atoms. The van der Waals surface area contributed by atoms with Crippen LogP contribution < -0.4 is 5.32 Å². The fourth-order valence-electron chi connectivity index (χ4n) is 1.84. The van der Waals surface area contributed by atoms with Gasteiger partial charge in [0.2, 0.25) is 0 Å². The molecule has 2 rings (SSSR count). The van der Waals surface area contributed by atoms with Crippen molar-refractivity contribution in [1.82, 2.24) is 5.32 Å². The molecule has 0 aliphatic heterocycles. The Bertz CT molecular complexity index is 494. The monoisotopic (exact) mass is 235 g/mol. The third-order valence-corrected chi connectivity index (χ3v) is 2.92. The molecule has 1 atom stereocenters. The zero-order chi connectivity index (χ0) is 12.3. The van der Waals surface area contributed by atoms with Crippen LogP contribution in [0.15, 0.2) is 34.9 Å². The van der Waals surface area contributed by atoms with E-state index < -0.39 is 5.60 Å². The first-order valence-corrected chi connectivity index (χ1v) is 5.71. The average Bonchev–Trinajstić information content (AvgIpc) is 2.83. The van der Waals surface area contributed by atoms with Crippen molar-refractivity contribution in [3.05, 3.63) is 36.1 Å². The predicted molar refractivity (Wildman–Crippen MR) is 65.7 cm³/mol. The second-order valence-electron chi connectivity index (χ2n) is 4.14. The van der Waals surface area contributed by atoms with Crippen LogP contribution in [-0.4, -0.2) is 29.9 Å². The summed E-state index contributed by atoms with van der Waals surface area (Å²) in [6.07, 6.45) is 1.61. The molecule has 4 nitrogen and oxygen atoms in total. The fraction of sp³-hybridized carbons (Fsp3) is 0.385. The second kappa shape index (κ2) is 4.87. The standard InChI is InChI=1S/C13H17NO3/c1-2-14-8-13(16,9-15)11-3-4-12-10(7-11)5-6-17-12/h3-7,14-16H,2,8-9H2,1H3. The molecule has 0 saturated carbocycles. The quantitative estimate of drug-likeness (QED) is 0.729. The van der Waals surface area contributed by atoms with Crippen LogP contribution in [0.25, 0.3) is 11.0 Å². The summed E-state index contributed by atoms with van der Waals surface area (Å²) in [5, 5.41) is 23.7. The van der Waals surface area contributed by atoms with E-state index in [0.29, 0.717) is 12.1 Å². The van der Waals surface area contributed by atoms with Crippen molar-refractivity contribution in [2.24, 2.45) is 0 Å². The second-order valence-corrected chi connectivity index (χ2v) is 4.14. The molecule has 92 valence electrons. The van der Waals surface area contributed by atoms with Gasteiger partial charge in [-0.1, -0.05) is 13.0 Å². The summed E-state index contributed by atoms with van der Waals surface area (Å²) in [7, 11) is 0. The van der Waals surface area contributed by atoms with Gasteiger partial charge in [-0.15, -0.1) is 0 Å². The molecular weight excluding hydrogens is 218 g/mol. The molecular formula is C13H17NO3. The Labute approximate surface area is 99.9 Å². The SMILES string of the molecule is CCNCC(O)(CO)c1ccc2occc2c1. The number of hydrogen-bond acceptors (Lipinski definition) is 4. The third kappa shape index (κ3) is 2.34. The number of nitrogens with one attached hydrogen (secondary N) is 1. The highest BCUT2D eigenvalue weighted by Crippen LogP contribution is 2.25. The molecule has 0 aliphatic rings. The van der Waals surface area contributed by atoms with Crippen molar-refractivity contribution >= 4 is 11.0 Å². The van der Waals surface area contributed by atoms with Crippen LogP contribution in [0, 0.1) is 0 Å². The number of likely N-dealkylation sites (N-methyl/N-ethyl adjacent to an activating group) is 1. The van der Waals surface area contributed by atoms with Crippen LogP contribution in [0.5, 0.6) is 0 Å². The fourth-order valence-corrected chi connectivity index (χ4v) is 1.84.